The summed E-state index contributed by atoms with van der Waals surface area (Å²) >= 11 is 1.81. The molecule has 4 nitrogen and oxygen atoms in total. The van der Waals surface area contributed by atoms with E-state index in [4.69, 9.17) is 15.0 Å². The van der Waals surface area contributed by atoms with E-state index < -0.39 is 0 Å². The molecule has 0 radical (unpaired) electrons. The molecule has 0 fully saturated rings. The molecule has 54 heavy (non-hydrogen) atoms. The van der Waals surface area contributed by atoms with Gasteiger partial charge >= 0.3 is 0 Å². The van der Waals surface area contributed by atoms with Gasteiger partial charge in [0.05, 0.1) is 5.52 Å². The van der Waals surface area contributed by atoms with Crippen molar-refractivity contribution in [2.24, 2.45) is 0 Å². The Morgan fingerprint density at radius 2 is 1.09 bits per heavy atom. The Kier molecular flexibility index (Phi) is 6.73. The Balaban J connectivity index is 1.11. The first-order valence-corrected chi connectivity index (χ1v) is 19.1. The molecule has 0 saturated carbocycles. The summed E-state index contributed by atoms with van der Waals surface area (Å²) in [6.07, 6.45) is 1.85. The van der Waals surface area contributed by atoms with Crippen LogP contribution in [-0.2, 0) is 5.41 Å². The lowest BCUT2D eigenvalue weighted by Crippen LogP contribution is -2.15. The van der Waals surface area contributed by atoms with Crippen LogP contribution in [-0.4, -0.2) is 19.9 Å². The SMILES string of the molecule is CC1(C)c2ccccc2-c2ccc(-c3nc(-c4ccc5c(c4)sc4ccccc45)nc(-c4cccc5ccc(-c6ccc7cccnc7c6)cc45)n3)cc21. The third-order valence-electron chi connectivity index (χ3n) is 11.2. The molecule has 1 aliphatic rings. The number of rotatable bonds is 4. The monoisotopic (exact) mass is 708 g/mol. The van der Waals surface area contributed by atoms with Crippen LogP contribution in [0.3, 0.4) is 0 Å². The lowest BCUT2D eigenvalue weighted by atomic mass is 9.82. The molecular weight excluding hydrogens is 677 g/mol. The maximum Gasteiger partial charge on any atom is 0.164 e. The van der Waals surface area contributed by atoms with Crippen molar-refractivity contribution in [1.29, 1.82) is 0 Å². The maximum absolute atomic E-state index is 5.28. The van der Waals surface area contributed by atoms with Gasteiger partial charge in [0, 0.05) is 53.9 Å². The summed E-state index contributed by atoms with van der Waals surface area (Å²) in [7, 11) is 0. The van der Waals surface area contributed by atoms with Gasteiger partial charge in [0.1, 0.15) is 0 Å². The van der Waals surface area contributed by atoms with Gasteiger partial charge in [-0.05, 0) is 80.6 Å². The largest absolute Gasteiger partial charge is 0.256 e. The highest BCUT2D eigenvalue weighted by atomic mass is 32.1. The van der Waals surface area contributed by atoms with Crippen LogP contribution in [0.1, 0.15) is 25.0 Å². The Bertz CT molecular complexity index is 3160. The fraction of sp³-hybridized carbons (Fsp3) is 0.0612. The Hall–Kier alpha value is -6.56. The quantitative estimate of drug-likeness (QED) is 0.183. The molecule has 0 saturated heterocycles. The molecule has 254 valence electrons. The molecule has 11 rings (SSSR count). The number of nitrogens with zero attached hydrogens (tertiary/aromatic N) is 4. The normalized spacial score (nSPS) is 13.1. The van der Waals surface area contributed by atoms with Crippen LogP contribution in [0.15, 0.2) is 158 Å². The second-order valence-corrected chi connectivity index (χ2v) is 15.8. The van der Waals surface area contributed by atoms with Crippen molar-refractivity contribution in [3.8, 4) is 56.4 Å². The van der Waals surface area contributed by atoms with Gasteiger partial charge in [-0.3, -0.25) is 4.98 Å². The Morgan fingerprint density at radius 3 is 2.00 bits per heavy atom. The topological polar surface area (TPSA) is 51.6 Å². The first-order valence-electron chi connectivity index (χ1n) is 18.3. The number of pyridine rings is 1. The zero-order valence-electron chi connectivity index (χ0n) is 29.7. The summed E-state index contributed by atoms with van der Waals surface area (Å²) in [5.41, 5.74) is 11.2. The summed E-state index contributed by atoms with van der Waals surface area (Å²) in [6, 6.07) is 54.2. The maximum atomic E-state index is 5.28. The van der Waals surface area contributed by atoms with E-state index in [1.807, 2.05) is 12.3 Å². The van der Waals surface area contributed by atoms with Crippen molar-refractivity contribution in [3.05, 3.63) is 169 Å². The van der Waals surface area contributed by atoms with E-state index in [2.05, 4.69) is 164 Å². The van der Waals surface area contributed by atoms with Gasteiger partial charge < -0.3 is 0 Å². The average Bonchev–Trinajstić information content (AvgIpc) is 3.71. The Morgan fingerprint density at radius 1 is 0.426 bits per heavy atom. The van der Waals surface area contributed by atoms with E-state index in [1.54, 1.807) is 11.3 Å². The minimum Gasteiger partial charge on any atom is -0.256 e. The summed E-state index contributed by atoms with van der Waals surface area (Å²) in [5, 5.41) is 5.86. The van der Waals surface area contributed by atoms with Gasteiger partial charge in [0.25, 0.3) is 0 Å². The molecule has 5 heteroatoms. The molecule has 0 unspecified atom stereocenters. The highest BCUT2D eigenvalue weighted by Crippen LogP contribution is 2.49. The van der Waals surface area contributed by atoms with Crippen molar-refractivity contribution >= 4 is 53.2 Å². The zero-order valence-corrected chi connectivity index (χ0v) is 30.5. The molecule has 7 aromatic carbocycles. The molecule has 0 bridgehead atoms. The predicted octanol–water partition coefficient (Wildman–Crippen LogP) is 12.9. The lowest BCUT2D eigenvalue weighted by molar-refractivity contribution is 0.660. The van der Waals surface area contributed by atoms with E-state index >= 15 is 0 Å². The highest BCUT2D eigenvalue weighted by Gasteiger charge is 2.35. The zero-order chi connectivity index (χ0) is 36.0. The fourth-order valence-corrected chi connectivity index (χ4v) is 9.50. The molecule has 3 aromatic heterocycles. The van der Waals surface area contributed by atoms with E-state index in [0.717, 1.165) is 49.5 Å². The summed E-state index contributed by atoms with van der Waals surface area (Å²) in [5.74, 6) is 1.97. The molecule has 0 aliphatic heterocycles. The van der Waals surface area contributed by atoms with Gasteiger partial charge in [0.2, 0.25) is 0 Å². The highest BCUT2D eigenvalue weighted by molar-refractivity contribution is 7.25. The third kappa shape index (κ3) is 4.82. The van der Waals surface area contributed by atoms with Gasteiger partial charge in [-0.15, -0.1) is 11.3 Å². The van der Waals surface area contributed by atoms with Crippen LogP contribution < -0.4 is 0 Å². The predicted molar refractivity (Wildman–Crippen MR) is 225 cm³/mol. The number of hydrogen-bond acceptors (Lipinski definition) is 5. The molecular formula is C49H32N4S. The summed E-state index contributed by atoms with van der Waals surface area (Å²) in [4.78, 5) is 20.4. The van der Waals surface area contributed by atoms with Gasteiger partial charge in [-0.2, -0.15) is 0 Å². The van der Waals surface area contributed by atoms with Crippen LogP contribution in [0, 0.1) is 0 Å². The molecule has 3 heterocycles. The second kappa shape index (κ2) is 11.7. The van der Waals surface area contributed by atoms with Crippen molar-refractivity contribution < 1.29 is 0 Å². The van der Waals surface area contributed by atoms with Gasteiger partial charge in [-0.25, -0.2) is 15.0 Å². The second-order valence-electron chi connectivity index (χ2n) is 14.7. The minimum atomic E-state index is -0.142. The Labute approximate surface area is 316 Å². The van der Waals surface area contributed by atoms with Crippen LogP contribution in [0.2, 0.25) is 0 Å². The molecule has 1 aliphatic carbocycles. The van der Waals surface area contributed by atoms with Crippen LogP contribution in [0.4, 0.5) is 0 Å². The summed E-state index contributed by atoms with van der Waals surface area (Å²) < 4.78 is 2.49. The number of benzene rings is 7. The molecule has 10 aromatic rings. The summed E-state index contributed by atoms with van der Waals surface area (Å²) in [6.45, 7) is 4.62. The number of thiophene rings is 1. The van der Waals surface area contributed by atoms with E-state index in [1.165, 1.54) is 42.4 Å². The van der Waals surface area contributed by atoms with Crippen LogP contribution >= 0.6 is 11.3 Å². The van der Waals surface area contributed by atoms with E-state index in [9.17, 15) is 0 Å². The first-order chi connectivity index (χ1) is 26.5. The number of fused-ring (bicyclic) bond motifs is 8. The molecule has 0 spiro atoms. The van der Waals surface area contributed by atoms with E-state index in [-0.39, 0.29) is 5.41 Å². The average molecular weight is 709 g/mol. The number of hydrogen-bond donors (Lipinski definition) is 0. The van der Waals surface area contributed by atoms with Crippen molar-refractivity contribution in [2.45, 2.75) is 19.3 Å². The standard InChI is InChI=1S/C49H32N4S/c1-49(2)41-14-5-3-11-35(41)36-22-20-33(26-42(36)49)46-51-47(34-21-23-38-37-12-4-6-15-44(37)54-45(38)28-34)53-48(52-46)39-13-7-9-29-16-18-31(25-40(29)39)32-19-17-30-10-8-24-50-43(30)27-32/h3-28H,1-2H3. The molecule has 0 N–H and O–H groups in total. The fourth-order valence-electron chi connectivity index (χ4n) is 8.36. The smallest absolute Gasteiger partial charge is 0.164 e. The van der Waals surface area contributed by atoms with Crippen molar-refractivity contribution in [1.82, 2.24) is 19.9 Å². The minimum absolute atomic E-state index is 0.142. The van der Waals surface area contributed by atoms with Gasteiger partial charge in [0.15, 0.2) is 17.5 Å². The first kappa shape index (κ1) is 31.0. The third-order valence-corrected chi connectivity index (χ3v) is 12.3. The van der Waals surface area contributed by atoms with E-state index in [0.29, 0.717) is 17.5 Å². The van der Waals surface area contributed by atoms with Crippen molar-refractivity contribution in [2.75, 3.05) is 0 Å². The van der Waals surface area contributed by atoms with Crippen LogP contribution in [0.5, 0.6) is 0 Å². The lowest BCUT2D eigenvalue weighted by Gasteiger charge is -2.21. The molecule has 0 amide bonds. The molecule has 0 atom stereocenters. The van der Waals surface area contributed by atoms with Crippen LogP contribution in [0.25, 0.3) is 98.3 Å². The number of aromatic nitrogens is 4. The van der Waals surface area contributed by atoms with Gasteiger partial charge in [-0.1, -0.05) is 129 Å². The van der Waals surface area contributed by atoms with Crippen molar-refractivity contribution in [3.63, 3.8) is 0 Å².